The molecule has 8 heteroatoms. The molecule has 0 aliphatic heterocycles. The largest absolute Gasteiger partial charge is 0.375 e. The second kappa shape index (κ2) is 4.56. The fraction of sp³-hybridized carbons (Fsp3) is 0.222. The summed E-state index contributed by atoms with van der Waals surface area (Å²) in [6.07, 6.45) is 0. The Balaban J connectivity index is 2.13. The van der Waals surface area contributed by atoms with Crippen molar-refractivity contribution >= 4 is 11.4 Å². The molecule has 88 valence electrons. The summed E-state index contributed by atoms with van der Waals surface area (Å²) in [6, 6.07) is 6.06. The lowest BCUT2D eigenvalue weighted by molar-refractivity contribution is -0.384. The average Bonchev–Trinajstić information content (AvgIpc) is 2.82. The summed E-state index contributed by atoms with van der Waals surface area (Å²) in [5.74, 6) is 0.497. The molecular weight excluding hydrogens is 224 g/mol. The Bertz CT molecular complexity index is 512. The van der Waals surface area contributed by atoms with Gasteiger partial charge in [0.05, 0.1) is 11.0 Å². The maximum absolute atomic E-state index is 10.6. The highest BCUT2D eigenvalue weighted by Gasteiger charge is 2.11. The maximum Gasteiger partial charge on any atom is 0.271 e. The Hall–Kier alpha value is -2.51. The fourth-order valence-electron chi connectivity index (χ4n) is 1.38. The van der Waals surface area contributed by atoms with E-state index < -0.39 is 4.92 Å². The number of aromatic amines is 1. The minimum atomic E-state index is -0.440. The minimum Gasteiger partial charge on any atom is -0.375 e. The molecule has 0 aliphatic carbocycles. The summed E-state index contributed by atoms with van der Waals surface area (Å²) < 4.78 is 0. The summed E-state index contributed by atoms with van der Waals surface area (Å²) in [4.78, 5) is 10.2. The summed E-state index contributed by atoms with van der Waals surface area (Å²) in [5.41, 5.74) is 0.673. The number of nitrogens with zero attached hydrogens (tertiary/aromatic N) is 4. The quantitative estimate of drug-likeness (QED) is 0.609. The number of hydrogen-bond acceptors (Lipinski definition) is 6. The molecule has 1 aromatic heterocycles. The predicted octanol–water partition coefficient (Wildman–Crippen LogP) is 1.28. The van der Waals surface area contributed by atoms with Gasteiger partial charge in [0.25, 0.3) is 5.69 Å². The van der Waals surface area contributed by atoms with Crippen LogP contribution in [-0.4, -0.2) is 25.5 Å². The van der Waals surface area contributed by atoms with Crippen LogP contribution in [0.3, 0.4) is 0 Å². The third-order valence-electron chi connectivity index (χ3n) is 2.19. The minimum absolute atomic E-state index is 0.0373. The second-order valence-electron chi connectivity index (χ2n) is 3.44. The first-order chi connectivity index (χ1) is 8.16. The summed E-state index contributed by atoms with van der Waals surface area (Å²) in [5, 5.41) is 27.1. The number of non-ortho nitro benzene ring substituents is 1. The van der Waals surface area contributed by atoms with Crippen LogP contribution in [0.5, 0.6) is 0 Å². The normalized spacial score (nSPS) is 12.1. The van der Waals surface area contributed by atoms with Crippen molar-refractivity contribution in [3.63, 3.8) is 0 Å². The first kappa shape index (κ1) is 11.0. The second-order valence-corrected chi connectivity index (χ2v) is 3.44. The van der Waals surface area contributed by atoms with Crippen LogP contribution in [-0.2, 0) is 0 Å². The third-order valence-corrected chi connectivity index (χ3v) is 2.19. The highest BCUT2D eigenvalue weighted by Crippen LogP contribution is 2.20. The van der Waals surface area contributed by atoms with E-state index in [1.165, 1.54) is 12.1 Å². The number of nitrogens with one attached hydrogen (secondary N) is 2. The van der Waals surface area contributed by atoms with Crippen LogP contribution in [0.2, 0.25) is 0 Å². The number of rotatable bonds is 4. The van der Waals surface area contributed by atoms with Gasteiger partial charge in [-0.15, -0.1) is 10.2 Å². The van der Waals surface area contributed by atoms with Crippen LogP contribution in [0.1, 0.15) is 18.8 Å². The van der Waals surface area contributed by atoms with Gasteiger partial charge < -0.3 is 5.32 Å². The highest BCUT2D eigenvalue weighted by atomic mass is 16.6. The van der Waals surface area contributed by atoms with Crippen molar-refractivity contribution < 1.29 is 4.92 Å². The molecule has 0 fully saturated rings. The van der Waals surface area contributed by atoms with Crippen LogP contribution in [0.4, 0.5) is 11.4 Å². The smallest absolute Gasteiger partial charge is 0.271 e. The molecule has 2 aromatic rings. The lowest BCUT2D eigenvalue weighted by Gasteiger charge is -2.10. The van der Waals surface area contributed by atoms with E-state index in [0.29, 0.717) is 11.5 Å². The number of aromatic nitrogens is 4. The molecular formula is C9H10N6O2. The standard InChI is InChI=1S/C9H10N6O2/c1-6(9-11-13-14-12-9)10-7-3-2-4-8(5-7)15(16)17/h2-6,10H,1H3,(H,11,12,13,14). The molecule has 17 heavy (non-hydrogen) atoms. The lowest BCUT2D eigenvalue weighted by Crippen LogP contribution is -2.08. The van der Waals surface area contributed by atoms with Gasteiger partial charge in [-0.25, -0.2) is 0 Å². The predicted molar refractivity (Wildman–Crippen MR) is 59.3 cm³/mol. The fourth-order valence-corrected chi connectivity index (χ4v) is 1.38. The van der Waals surface area contributed by atoms with Gasteiger partial charge in [0.15, 0.2) is 5.82 Å². The van der Waals surface area contributed by atoms with Crippen LogP contribution < -0.4 is 5.32 Å². The number of tetrazole rings is 1. The molecule has 8 nitrogen and oxygen atoms in total. The van der Waals surface area contributed by atoms with Crippen molar-refractivity contribution in [2.75, 3.05) is 5.32 Å². The molecule has 0 radical (unpaired) electrons. The molecule has 0 bridgehead atoms. The molecule has 1 unspecified atom stereocenters. The maximum atomic E-state index is 10.6. The zero-order chi connectivity index (χ0) is 12.3. The molecule has 0 amide bonds. The molecule has 0 aliphatic rings. The van der Waals surface area contributed by atoms with E-state index in [1.807, 2.05) is 6.92 Å². The van der Waals surface area contributed by atoms with Gasteiger partial charge in [-0.05, 0) is 13.0 Å². The Kier molecular flexibility index (Phi) is 2.95. The topological polar surface area (TPSA) is 110 Å². The first-order valence-electron chi connectivity index (χ1n) is 4.91. The van der Waals surface area contributed by atoms with Gasteiger partial charge in [0.2, 0.25) is 0 Å². The van der Waals surface area contributed by atoms with Crippen LogP contribution in [0.15, 0.2) is 24.3 Å². The van der Waals surface area contributed by atoms with Crippen molar-refractivity contribution in [2.24, 2.45) is 0 Å². The van der Waals surface area contributed by atoms with E-state index in [2.05, 4.69) is 25.9 Å². The zero-order valence-electron chi connectivity index (χ0n) is 8.99. The van der Waals surface area contributed by atoms with E-state index in [-0.39, 0.29) is 11.7 Å². The van der Waals surface area contributed by atoms with Crippen LogP contribution >= 0.6 is 0 Å². The zero-order valence-corrected chi connectivity index (χ0v) is 8.99. The first-order valence-corrected chi connectivity index (χ1v) is 4.91. The summed E-state index contributed by atoms with van der Waals surface area (Å²) in [6.45, 7) is 1.84. The van der Waals surface area contributed by atoms with E-state index >= 15 is 0 Å². The number of benzene rings is 1. The number of nitro benzene ring substituents is 1. The number of hydrogen-bond donors (Lipinski definition) is 2. The summed E-state index contributed by atoms with van der Waals surface area (Å²) in [7, 11) is 0. The molecule has 1 atom stereocenters. The molecule has 1 heterocycles. The van der Waals surface area contributed by atoms with Crippen molar-refractivity contribution in [1.29, 1.82) is 0 Å². The Morgan fingerprint density at radius 2 is 2.35 bits per heavy atom. The van der Waals surface area contributed by atoms with E-state index in [1.54, 1.807) is 12.1 Å². The molecule has 0 saturated carbocycles. The van der Waals surface area contributed by atoms with Gasteiger partial charge in [-0.3, -0.25) is 10.1 Å². The number of nitro groups is 1. The lowest BCUT2D eigenvalue weighted by atomic mass is 10.2. The van der Waals surface area contributed by atoms with Gasteiger partial charge in [-0.1, -0.05) is 11.3 Å². The Labute approximate surface area is 96.2 Å². The van der Waals surface area contributed by atoms with Crippen molar-refractivity contribution in [2.45, 2.75) is 13.0 Å². The third kappa shape index (κ3) is 2.54. The molecule has 2 N–H and O–H groups in total. The molecule has 1 aromatic carbocycles. The average molecular weight is 234 g/mol. The van der Waals surface area contributed by atoms with E-state index in [4.69, 9.17) is 0 Å². The Morgan fingerprint density at radius 1 is 1.53 bits per heavy atom. The van der Waals surface area contributed by atoms with Gasteiger partial charge in [0, 0.05) is 17.8 Å². The van der Waals surface area contributed by atoms with Crippen molar-refractivity contribution in [3.8, 4) is 0 Å². The summed E-state index contributed by atoms with van der Waals surface area (Å²) >= 11 is 0. The van der Waals surface area contributed by atoms with E-state index in [0.717, 1.165) is 0 Å². The monoisotopic (exact) mass is 234 g/mol. The van der Waals surface area contributed by atoms with Gasteiger partial charge >= 0.3 is 0 Å². The van der Waals surface area contributed by atoms with Crippen molar-refractivity contribution in [1.82, 2.24) is 20.6 Å². The van der Waals surface area contributed by atoms with Crippen LogP contribution in [0, 0.1) is 10.1 Å². The highest BCUT2D eigenvalue weighted by molar-refractivity contribution is 5.51. The van der Waals surface area contributed by atoms with E-state index in [9.17, 15) is 10.1 Å². The van der Waals surface area contributed by atoms with Gasteiger partial charge in [0.1, 0.15) is 0 Å². The number of H-pyrrole nitrogens is 1. The van der Waals surface area contributed by atoms with Gasteiger partial charge in [-0.2, -0.15) is 5.21 Å². The van der Waals surface area contributed by atoms with Crippen molar-refractivity contribution in [3.05, 3.63) is 40.2 Å². The Morgan fingerprint density at radius 3 is 3.00 bits per heavy atom. The van der Waals surface area contributed by atoms with Crippen LogP contribution in [0.25, 0.3) is 0 Å². The molecule has 0 saturated heterocycles. The number of anilines is 1. The molecule has 2 rings (SSSR count). The molecule has 0 spiro atoms. The SMILES string of the molecule is CC(Nc1cccc([N+](=O)[O-])c1)c1nn[nH]n1.